The third-order valence-electron chi connectivity index (χ3n) is 2.20. The zero-order valence-corrected chi connectivity index (χ0v) is 11.4. The number of hydrogen-bond acceptors (Lipinski definition) is 6. The minimum absolute atomic E-state index is 0.0409. The molecule has 0 spiro atoms. The van der Waals surface area contributed by atoms with Gasteiger partial charge in [-0.3, -0.25) is 4.79 Å². The summed E-state index contributed by atoms with van der Waals surface area (Å²) >= 11 is 5.51. The van der Waals surface area contributed by atoms with Crippen molar-refractivity contribution < 1.29 is 24.0 Å². The SMILES string of the molecule is CCOC(=O)C(=O)N(CC=O)Cc1ccc(Cl)[n+]([O-])n1. The molecule has 1 aromatic rings. The van der Waals surface area contributed by atoms with Gasteiger partial charge in [0, 0.05) is 11.2 Å². The molecule has 1 aromatic heterocycles. The summed E-state index contributed by atoms with van der Waals surface area (Å²) in [6.45, 7) is 1.09. The fourth-order valence-electron chi connectivity index (χ4n) is 1.34. The van der Waals surface area contributed by atoms with Gasteiger partial charge in [0.2, 0.25) is 0 Å². The number of aldehydes is 1. The van der Waals surface area contributed by atoms with E-state index in [2.05, 4.69) is 9.84 Å². The Morgan fingerprint density at radius 1 is 1.55 bits per heavy atom. The molecule has 1 amide bonds. The second-order valence-electron chi connectivity index (χ2n) is 3.59. The lowest BCUT2D eigenvalue weighted by atomic mass is 10.3. The van der Waals surface area contributed by atoms with Crippen molar-refractivity contribution in [2.24, 2.45) is 0 Å². The largest absolute Gasteiger partial charge is 0.593 e. The third kappa shape index (κ3) is 4.16. The standard InChI is InChI=1S/C11H12ClN3O5/c1-2-20-11(18)10(17)14(5-6-16)7-8-3-4-9(12)15(19)13-8/h3-4,6H,2,5,7H2,1H3. The number of carbonyl (C=O) groups is 3. The molecule has 108 valence electrons. The van der Waals surface area contributed by atoms with E-state index in [1.807, 2.05) is 0 Å². The van der Waals surface area contributed by atoms with Gasteiger partial charge >= 0.3 is 17.0 Å². The number of hydrogen-bond donors (Lipinski definition) is 0. The van der Waals surface area contributed by atoms with Gasteiger partial charge in [0.25, 0.3) is 0 Å². The molecule has 0 N–H and O–H groups in total. The molecular weight excluding hydrogens is 290 g/mol. The molecule has 20 heavy (non-hydrogen) atoms. The maximum absolute atomic E-state index is 11.7. The molecule has 0 unspecified atom stereocenters. The van der Waals surface area contributed by atoms with Gasteiger partial charge in [-0.15, -0.1) is 0 Å². The van der Waals surface area contributed by atoms with Crippen LogP contribution in [-0.4, -0.2) is 41.3 Å². The highest BCUT2D eigenvalue weighted by Gasteiger charge is 2.24. The van der Waals surface area contributed by atoms with Crippen LogP contribution >= 0.6 is 11.6 Å². The van der Waals surface area contributed by atoms with E-state index in [1.54, 1.807) is 6.92 Å². The zero-order valence-electron chi connectivity index (χ0n) is 10.6. The van der Waals surface area contributed by atoms with Crippen LogP contribution in [0.4, 0.5) is 0 Å². The van der Waals surface area contributed by atoms with Crippen LogP contribution in [0.2, 0.25) is 5.15 Å². The number of ether oxygens (including phenoxy) is 1. The van der Waals surface area contributed by atoms with Gasteiger partial charge in [-0.2, -0.15) is 0 Å². The van der Waals surface area contributed by atoms with Gasteiger partial charge in [-0.1, -0.05) is 0 Å². The minimum atomic E-state index is -1.07. The lowest BCUT2D eigenvalue weighted by Crippen LogP contribution is -2.40. The Labute approximate surface area is 119 Å². The topological polar surface area (TPSA) is 104 Å². The maximum atomic E-state index is 11.7. The Hall–Kier alpha value is -2.22. The van der Waals surface area contributed by atoms with E-state index in [-0.39, 0.29) is 35.4 Å². The second-order valence-corrected chi connectivity index (χ2v) is 3.98. The molecule has 8 nitrogen and oxygen atoms in total. The van der Waals surface area contributed by atoms with Gasteiger partial charge < -0.3 is 19.6 Å². The van der Waals surface area contributed by atoms with Crippen molar-refractivity contribution in [2.75, 3.05) is 13.2 Å². The number of halogens is 1. The quantitative estimate of drug-likeness (QED) is 0.238. The average Bonchev–Trinajstić information content (AvgIpc) is 2.42. The van der Waals surface area contributed by atoms with Crippen LogP contribution in [0, 0.1) is 5.21 Å². The lowest BCUT2D eigenvalue weighted by Gasteiger charge is -2.17. The van der Waals surface area contributed by atoms with E-state index < -0.39 is 11.9 Å². The summed E-state index contributed by atoms with van der Waals surface area (Å²) in [7, 11) is 0. The molecule has 0 aromatic carbocycles. The number of amides is 1. The van der Waals surface area contributed by atoms with E-state index in [4.69, 9.17) is 11.6 Å². The van der Waals surface area contributed by atoms with E-state index in [0.29, 0.717) is 6.29 Å². The summed E-state index contributed by atoms with van der Waals surface area (Å²) in [6.07, 6.45) is 0.457. The fourth-order valence-corrected chi connectivity index (χ4v) is 1.44. The second kappa shape index (κ2) is 7.39. The van der Waals surface area contributed by atoms with Crippen LogP contribution in [-0.2, 0) is 25.7 Å². The first-order valence-corrected chi connectivity index (χ1v) is 6.02. The van der Waals surface area contributed by atoms with E-state index in [9.17, 15) is 19.6 Å². The summed E-state index contributed by atoms with van der Waals surface area (Å²) in [5.41, 5.74) is 0.184. The molecule has 0 bridgehead atoms. The first kappa shape index (κ1) is 15.8. The molecule has 0 saturated carbocycles. The molecule has 9 heteroatoms. The number of rotatable bonds is 5. The summed E-state index contributed by atoms with van der Waals surface area (Å²) < 4.78 is 4.56. The Morgan fingerprint density at radius 3 is 2.80 bits per heavy atom. The number of esters is 1. The van der Waals surface area contributed by atoms with E-state index >= 15 is 0 Å². The molecule has 1 heterocycles. The van der Waals surface area contributed by atoms with Crippen molar-refractivity contribution in [2.45, 2.75) is 13.5 Å². The van der Waals surface area contributed by atoms with Gasteiger partial charge in [-0.05, 0) is 29.4 Å². The molecule has 0 atom stereocenters. The maximum Gasteiger partial charge on any atom is 0.397 e. The molecule has 0 aliphatic carbocycles. The lowest BCUT2D eigenvalue weighted by molar-refractivity contribution is -0.667. The molecular formula is C11H12ClN3O5. The normalized spacial score (nSPS) is 9.90. The van der Waals surface area contributed by atoms with Crippen molar-refractivity contribution in [1.82, 2.24) is 10.00 Å². The molecule has 0 radical (unpaired) electrons. The highest BCUT2D eigenvalue weighted by atomic mass is 35.5. The van der Waals surface area contributed by atoms with Crippen LogP contribution in [0.5, 0.6) is 0 Å². The Morgan fingerprint density at radius 2 is 2.25 bits per heavy atom. The van der Waals surface area contributed by atoms with Crippen LogP contribution in [0.3, 0.4) is 0 Å². The fraction of sp³-hybridized carbons (Fsp3) is 0.364. The summed E-state index contributed by atoms with van der Waals surface area (Å²) in [6, 6.07) is 2.71. The Kier molecular flexibility index (Phi) is 5.85. The van der Waals surface area contributed by atoms with Gasteiger partial charge in [-0.25, -0.2) is 4.79 Å². The summed E-state index contributed by atoms with van der Waals surface area (Å²) in [5, 5.41) is 14.6. The van der Waals surface area contributed by atoms with Crippen molar-refractivity contribution in [3.05, 3.63) is 28.2 Å². The van der Waals surface area contributed by atoms with Crippen molar-refractivity contribution in [3.8, 4) is 0 Å². The zero-order chi connectivity index (χ0) is 15.1. The Bertz CT molecular complexity index is 523. The summed E-state index contributed by atoms with van der Waals surface area (Å²) in [4.78, 5) is 34.7. The minimum Gasteiger partial charge on any atom is -0.593 e. The predicted octanol–water partition coefficient (Wildman–Crippen LogP) is -0.541. The van der Waals surface area contributed by atoms with E-state index in [0.717, 1.165) is 4.90 Å². The molecule has 0 aliphatic rings. The van der Waals surface area contributed by atoms with Crippen molar-refractivity contribution in [3.63, 3.8) is 0 Å². The van der Waals surface area contributed by atoms with Crippen LogP contribution in [0.15, 0.2) is 12.1 Å². The Balaban J connectivity index is 2.85. The number of carbonyl (C=O) groups excluding carboxylic acids is 3. The molecule has 0 saturated heterocycles. The van der Waals surface area contributed by atoms with Gasteiger partial charge in [0.1, 0.15) is 12.0 Å². The highest BCUT2D eigenvalue weighted by molar-refractivity contribution is 6.32. The summed E-state index contributed by atoms with van der Waals surface area (Å²) in [5.74, 6) is -2.05. The van der Waals surface area contributed by atoms with Crippen LogP contribution in [0.25, 0.3) is 0 Å². The molecule has 1 rings (SSSR count). The van der Waals surface area contributed by atoms with Crippen molar-refractivity contribution in [1.29, 1.82) is 0 Å². The molecule has 0 aliphatic heterocycles. The first-order chi connectivity index (χ1) is 9.49. The van der Waals surface area contributed by atoms with Crippen LogP contribution < -0.4 is 4.85 Å². The predicted molar refractivity (Wildman–Crippen MR) is 66.3 cm³/mol. The molecule has 0 fully saturated rings. The van der Waals surface area contributed by atoms with Crippen LogP contribution in [0.1, 0.15) is 12.6 Å². The number of aromatic nitrogens is 2. The van der Waals surface area contributed by atoms with E-state index in [1.165, 1.54) is 12.1 Å². The average molecular weight is 302 g/mol. The first-order valence-electron chi connectivity index (χ1n) is 5.64. The smallest absolute Gasteiger partial charge is 0.397 e. The van der Waals surface area contributed by atoms with Gasteiger partial charge in [0.05, 0.1) is 19.7 Å². The monoisotopic (exact) mass is 301 g/mol. The third-order valence-corrected chi connectivity index (χ3v) is 2.47. The van der Waals surface area contributed by atoms with Gasteiger partial charge in [0.15, 0.2) is 0 Å². The van der Waals surface area contributed by atoms with Crippen molar-refractivity contribution >= 4 is 29.8 Å². The number of nitrogens with zero attached hydrogens (tertiary/aromatic N) is 3. The highest BCUT2D eigenvalue weighted by Crippen LogP contribution is 2.04.